The summed E-state index contributed by atoms with van der Waals surface area (Å²) < 4.78 is 26.9. The third-order valence-corrected chi connectivity index (χ3v) is 4.77. The van der Waals surface area contributed by atoms with Crippen molar-refractivity contribution < 1.29 is 8.42 Å². The minimum absolute atomic E-state index is 0.218. The third kappa shape index (κ3) is 3.32. The van der Waals surface area contributed by atoms with E-state index in [1.807, 2.05) is 6.07 Å². The lowest BCUT2D eigenvalue weighted by Crippen LogP contribution is -2.30. The molecule has 0 aliphatic carbocycles. The van der Waals surface area contributed by atoms with Crippen molar-refractivity contribution >= 4 is 10.0 Å². The third-order valence-electron chi connectivity index (χ3n) is 3.35. The molecule has 102 valence electrons. The standard InChI is InChI=1S/C13H17N3O2S/c1-10-6-13(3-2-12(10)7-14)19(17,18)16-9-11-4-5-15-8-11/h2-3,6,11,15-16H,4-5,8-9H2,1H3. The fourth-order valence-corrected chi connectivity index (χ4v) is 3.33. The van der Waals surface area contributed by atoms with Gasteiger partial charge in [-0.3, -0.25) is 0 Å². The Hall–Kier alpha value is -1.42. The molecule has 19 heavy (non-hydrogen) atoms. The summed E-state index contributed by atoms with van der Waals surface area (Å²) in [5.41, 5.74) is 1.17. The van der Waals surface area contributed by atoms with E-state index in [-0.39, 0.29) is 4.90 Å². The van der Waals surface area contributed by atoms with Gasteiger partial charge in [0, 0.05) is 6.54 Å². The lowest BCUT2D eigenvalue weighted by atomic mass is 10.1. The lowest BCUT2D eigenvalue weighted by molar-refractivity contribution is 0.538. The Bertz CT molecular complexity index is 599. The van der Waals surface area contributed by atoms with Gasteiger partial charge in [0.2, 0.25) is 10.0 Å². The molecule has 5 nitrogen and oxygen atoms in total. The highest BCUT2D eigenvalue weighted by Gasteiger charge is 2.19. The van der Waals surface area contributed by atoms with Crippen molar-refractivity contribution in [1.82, 2.24) is 10.0 Å². The number of nitrogens with zero attached hydrogens (tertiary/aromatic N) is 1. The van der Waals surface area contributed by atoms with Gasteiger partial charge in [0.1, 0.15) is 0 Å². The fourth-order valence-electron chi connectivity index (χ4n) is 2.13. The van der Waals surface area contributed by atoms with Gasteiger partial charge in [-0.2, -0.15) is 5.26 Å². The number of nitriles is 1. The molecule has 0 saturated carbocycles. The molecule has 0 radical (unpaired) electrons. The molecule has 2 N–H and O–H groups in total. The van der Waals surface area contributed by atoms with Crippen LogP contribution in [0.15, 0.2) is 23.1 Å². The van der Waals surface area contributed by atoms with E-state index in [1.54, 1.807) is 13.0 Å². The van der Waals surface area contributed by atoms with E-state index in [0.717, 1.165) is 19.5 Å². The average molecular weight is 279 g/mol. The van der Waals surface area contributed by atoms with E-state index >= 15 is 0 Å². The summed E-state index contributed by atoms with van der Waals surface area (Å²) in [6, 6.07) is 6.58. The molecular formula is C13H17N3O2S. The predicted molar refractivity (Wildman–Crippen MR) is 72.1 cm³/mol. The first kappa shape index (κ1) is 14.0. The van der Waals surface area contributed by atoms with Crippen molar-refractivity contribution in [3.05, 3.63) is 29.3 Å². The predicted octanol–water partition coefficient (Wildman–Crippen LogP) is 0.754. The molecule has 1 unspecified atom stereocenters. The van der Waals surface area contributed by atoms with Gasteiger partial charge in [0.05, 0.1) is 16.5 Å². The summed E-state index contributed by atoms with van der Waals surface area (Å²) in [5.74, 6) is 0.356. The fraction of sp³-hybridized carbons (Fsp3) is 0.462. The summed E-state index contributed by atoms with van der Waals surface area (Å²) in [6.45, 7) is 3.99. The Kier molecular flexibility index (Phi) is 4.20. The van der Waals surface area contributed by atoms with Crippen LogP contribution in [0.5, 0.6) is 0 Å². The lowest BCUT2D eigenvalue weighted by Gasteiger charge is -2.11. The van der Waals surface area contributed by atoms with E-state index < -0.39 is 10.0 Å². The number of rotatable bonds is 4. The SMILES string of the molecule is Cc1cc(S(=O)(=O)NCC2CCNC2)ccc1C#N. The quantitative estimate of drug-likeness (QED) is 0.852. The highest BCUT2D eigenvalue weighted by atomic mass is 32.2. The number of benzene rings is 1. The van der Waals surface area contributed by atoms with Crippen molar-refractivity contribution in [1.29, 1.82) is 5.26 Å². The average Bonchev–Trinajstić information content (AvgIpc) is 2.89. The van der Waals surface area contributed by atoms with Crippen LogP contribution < -0.4 is 10.0 Å². The maximum atomic E-state index is 12.1. The van der Waals surface area contributed by atoms with Crippen molar-refractivity contribution in [2.24, 2.45) is 5.92 Å². The summed E-state index contributed by atoms with van der Waals surface area (Å²) >= 11 is 0. The number of hydrogen-bond donors (Lipinski definition) is 2. The zero-order valence-electron chi connectivity index (χ0n) is 10.8. The second kappa shape index (κ2) is 5.70. The molecule has 1 atom stereocenters. The molecule has 1 saturated heterocycles. The second-order valence-corrected chi connectivity index (χ2v) is 6.57. The van der Waals surface area contributed by atoms with Crippen LogP contribution in [-0.2, 0) is 10.0 Å². The monoisotopic (exact) mass is 279 g/mol. The van der Waals surface area contributed by atoms with Gasteiger partial charge in [0.15, 0.2) is 0 Å². The van der Waals surface area contributed by atoms with E-state index in [1.165, 1.54) is 12.1 Å². The van der Waals surface area contributed by atoms with E-state index in [9.17, 15) is 8.42 Å². The zero-order chi connectivity index (χ0) is 13.9. The minimum Gasteiger partial charge on any atom is -0.316 e. The van der Waals surface area contributed by atoms with Gasteiger partial charge in [-0.15, -0.1) is 0 Å². The normalized spacial score (nSPS) is 19.3. The van der Waals surface area contributed by atoms with Gasteiger partial charge in [-0.25, -0.2) is 13.1 Å². The number of aryl methyl sites for hydroxylation is 1. The largest absolute Gasteiger partial charge is 0.316 e. The highest BCUT2D eigenvalue weighted by molar-refractivity contribution is 7.89. The number of nitrogens with one attached hydrogen (secondary N) is 2. The molecule has 6 heteroatoms. The van der Waals surface area contributed by atoms with Gasteiger partial charge >= 0.3 is 0 Å². The first-order valence-corrected chi connectivity index (χ1v) is 7.72. The van der Waals surface area contributed by atoms with Gasteiger partial charge < -0.3 is 5.32 Å². The first-order valence-electron chi connectivity index (χ1n) is 6.24. The number of sulfonamides is 1. The maximum Gasteiger partial charge on any atom is 0.240 e. The van der Waals surface area contributed by atoms with Gasteiger partial charge in [0.25, 0.3) is 0 Å². The molecule has 2 rings (SSSR count). The Labute approximate surface area is 113 Å². The van der Waals surface area contributed by atoms with E-state index in [2.05, 4.69) is 10.0 Å². The van der Waals surface area contributed by atoms with Crippen molar-refractivity contribution in [2.45, 2.75) is 18.2 Å². The Balaban J connectivity index is 2.10. The molecule has 0 aromatic heterocycles. The van der Waals surface area contributed by atoms with Crippen molar-refractivity contribution in [3.8, 4) is 6.07 Å². The molecule has 0 amide bonds. The molecule has 1 aliphatic rings. The Morgan fingerprint density at radius 1 is 1.53 bits per heavy atom. The smallest absolute Gasteiger partial charge is 0.240 e. The molecule has 1 aromatic rings. The molecule has 1 heterocycles. The van der Waals surface area contributed by atoms with Crippen LogP contribution in [-0.4, -0.2) is 28.1 Å². The van der Waals surface area contributed by atoms with Crippen LogP contribution in [0.1, 0.15) is 17.5 Å². The maximum absolute atomic E-state index is 12.1. The summed E-state index contributed by atoms with van der Waals surface area (Å²) in [6.07, 6.45) is 0.995. The number of hydrogen-bond acceptors (Lipinski definition) is 4. The molecule has 1 aromatic carbocycles. The summed E-state index contributed by atoms with van der Waals surface area (Å²) in [5, 5.41) is 12.0. The van der Waals surface area contributed by atoms with Crippen LogP contribution in [0.4, 0.5) is 0 Å². The van der Waals surface area contributed by atoms with Crippen LogP contribution in [0, 0.1) is 24.2 Å². The van der Waals surface area contributed by atoms with Crippen LogP contribution in [0.25, 0.3) is 0 Å². The Morgan fingerprint density at radius 3 is 2.89 bits per heavy atom. The molecule has 1 fully saturated rings. The van der Waals surface area contributed by atoms with Crippen molar-refractivity contribution in [3.63, 3.8) is 0 Å². The van der Waals surface area contributed by atoms with Crippen LogP contribution in [0.2, 0.25) is 0 Å². The van der Waals surface area contributed by atoms with E-state index in [4.69, 9.17) is 5.26 Å². The molecule has 1 aliphatic heterocycles. The first-order chi connectivity index (χ1) is 9.03. The zero-order valence-corrected chi connectivity index (χ0v) is 11.6. The summed E-state index contributed by atoms with van der Waals surface area (Å²) in [4.78, 5) is 0.218. The molecule has 0 spiro atoms. The second-order valence-electron chi connectivity index (χ2n) is 4.80. The van der Waals surface area contributed by atoms with Crippen molar-refractivity contribution in [2.75, 3.05) is 19.6 Å². The summed E-state index contributed by atoms with van der Waals surface area (Å²) in [7, 11) is -3.48. The van der Waals surface area contributed by atoms with Crippen LogP contribution >= 0.6 is 0 Å². The molecular weight excluding hydrogens is 262 g/mol. The Morgan fingerprint density at radius 2 is 2.32 bits per heavy atom. The van der Waals surface area contributed by atoms with Crippen LogP contribution in [0.3, 0.4) is 0 Å². The van der Waals surface area contributed by atoms with E-state index in [0.29, 0.717) is 23.6 Å². The minimum atomic E-state index is -3.48. The van der Waals surface area contributed by atoms with Gasteiger partial charge in [-0.1, -0.05) is 0 Å². The molecule has 0 bridgehead atoms. The highest BCUT2D eigenvalue weighted by Crippen LogP contribution is 2.15. The van der Waals surface area contributed by atoms with Gasteiger partial charge in [-0.05, 0) is 56.1 Å². The topological polar surface area (TPSA) is 82.0 Å².